The SMILES string of the molecule is Cc1ccc(C)c(C(=O)Nc2ccccc2C(=O)N2CCCCCC2)c1. The maximum atomic E-state index is 13.0. The van der Waals surface area contributed by atoms with Crippen molar-refractivity contribution in [2.45, 2.75) is 39.5 Å². The zero-order valence-electron chi connectivity index (χ0n) is 15.5. The minimum atomic E-state index is -0.178. The molecule has 1 heterocycles. The molecule has 1 N–H and O–H groups in total. The molecule has 4 heteroatoms. The van der Waals surface area contributed by atoms with E-state index in [2.05, 4.69) is 5.32 Å². The first-order chi connectivity index (χ1) is 12.6. The molecule has 0 saturated carbocycles. The second kappa shape index (κ2) is 8.17. The van der Waals surface area contributed by atoms with Crippen LogP contribution in [0.1, 0.15) is 57.5 Å². The number of para-hydroxylation sites is 1. The third-order valence-corrected chi connectivity index (χ3v) is 4.94. The lowest BCUT2D eigenvalue weighted by Gasteiger charge is -2.22. The Morgan fingerprint density at radius 1 is 0.885 bits per heavy atom. The lowest BCUT2D eigenvalue weighted by atomic mass is 10.0. The maximum Gasteiger partial charge on any atom is 0.255 e. The topological polar surface area (TPSA) is 49.4 Å². The molecule has 0 radical (unpaired) electrons. The average Bonchev–Trinajstić information content (AvgIpc) is 2.93. The van der Waals surface area contributed by atoms with E-state index in [-0.39, 0.29) is 11.8 Å². The second-order valence-corrected chi connectivity index (χ2v) is 7.02. The van der Waals surface area contributed by atoms with E-state index in [1.54, 1.807) is 12.1 Å². The highest BCUT2D eigenvalue weighted by atomic mass is 16.2. The Bertz CT molecular complexity index is 806. The second-order valence-electron chi connectivity index (χ2n) is 7.02. The van der Waals surface area contributed by atoms with Gasteiger partial charge in [0.1, 0.15) is 0 Å². The van der Waals surface area contributed by atoms with Crippen LogP contribution in [0, 0.1) is 13.8 Å². The molecule has 26 heavy (non-hydrogen) atoms. The molecule has 0 aliphatic carbocycles. The van der Waals surface area contributed by atoms with Gasteiger partial charge in [-0.25, -0.2) is 0 Å². The van der Waals surface area contributed by atoms with E-state index < -0.39 is 0 Å². The minimum Gasteiger partial charge on any atom is -0.339 e. The smallest absolute Gasteiger partial charge is 0.255 e. The Morgan fingerprint density at radius 3 is 2.31 bits per heavy atom. The molecule has 136 valence electrons. The monoisotopic (exact) mass is 350 g/mol. The molecular weight excluding hydrogens is 324 g/mol. The van der Waals surface area contributed by atoms with Gasteiger partial charge in [0.15, 0.2) is 0 Å². The van der Waals surface area contributed by atoms with Gasteiger partial charge in [0.2, 0.25) is 0 Å². The zero-order chi connectivity index (χ0) is 18.5. The summed E-state index contributed by atoms with van der Waals surface area (Å²) in [5.74, 6) is -0.175. The number of carbonyl (C=O) groups is 2. The molecule has 2 aromatic rings. The van der Waals surface area contributed by atoms with Gasteiger partial charge in [-0.2, -0.15) is 0 Å². The number of likely N-dealkylation sites (tertiary alicyclic amines) is 1. The Labute approximate surface area is 155 Å². The first-order valence-electron chi connectivity index (χ1n) is 9.33. The van der Waals surface area contributed by atoms with Crippen LogP contribution in [0.25, 0.3) is 0 Å². The summed E-state index contributed by atoms with van der Waals surface area (Å²) in [6, 6.07) is 13.1. The van der Waals surface area contributed by atoms with Gasteiger partial charge in [-0.05, 0) is 50.5 Å². The summed E-state index contributed by atoms with van der Waals surface area (Å²) in [4.78, 5) is 27.7. The van der Waals surface area contributed by atoms with E-state index in [4.69, 9.17) is 0 Å². The molecule has 0 bridgehead atoms. The standard InChI is InChI=1S/C22H26N2O2/c1-16-11-12-17(2)19(15-16)21(25)23-20-10-6-5-9-18(20)22(26)24-13-7-3-4-8-14-24/h5-6,9-12,15H,3-4,7-8,13-14H2,1-2H3,(H,23,25). The Kier molecular flexibility index (Phi) is 5.71. The predicted molar refractivity (Wildman–Crippen MR) is 105 cm³/mol. The third kappa shape index (κ3) is 4.13. The quantitative estimate of drug-likeness (QED) is 0.881. The van der Waals surface area contributed by atoms with Crippen molar-refractivity contribution >= 4 is 17.5 Å². The van der Waals surface area contributed by atoms with E-state index in [1.165, 1.54) is 12.8 Å². The molecule has 0 aromatic heterocycles. The summed E-state index contributed by atoms with van der Waals surface area (Å²) in [6.45, 7) is 5.46. The molecule has 1 fully saturated rings. The molecule has 1 saturated heterocycles. The van der Waals surface area contributed by atoms with Gasteiger partial charge in [-0.1, -0.05) is 42.7 Å². The number of hydrogen-bond donors (Lipinski definition) is 1. The Morgan fingerprint density at radius 2 is 1.58 bits per heavy atom. The van der Waals surface area contributed by atoms with Crippen LogP contribution in [0.3, 0.4) is 0 Å². The number of amides is 2. The van der Waals surface area contributed by atoms with Crippen LogP contribution in [-0.2, 0) is 0 Å². The van der Waals surface area contributed by atoms with Crippen molar-refractivity contribution in [3.63, 3.8) is 0 Å². The van der Waals surface area contributed by atoms with Crippen molar-refractivity contribution in [1.82, 2.24) is 4.90 Å². The fourth-order valence-corrected chi connectivity index (χ4v) is 3.39. The number of anilines is 1. The first-order valence-corrected chi connectivity index (χ1v) is 9.33. The normalized spacial score (nSPS) is 14.6. The number of carbonyl (C=O) groups excluding carboxylic acids is 2. The summed E-state index contributed by atoms with van der Waals surface area (Å²) < 4.78 is 0. The van der Waals surface area contributed by atoms with Crippen LogP contribution in [0.2, 0.25) is 0 Å². The predicted octanol–water partition coefficient (Wildman–Crippen LogP) is 4.57. The lowest BCUT2D eigenvalue weighted by Crippen LogP contribution is -2.32. The van der Waals surface area contributed by atoms with E-state index in [1.807, 2.05) is 49.1 Å². The van der Waals surface area contributed by atoms with Crippen molar-refractivity contribution in [1.29, 1.82) is 0 Å². The van der Waals surface area contributed by atoms with E-state index >= 15 is 0 Å². The molecule has 2 aromatic carbocycles. The van der Waals surface area contributed by atoms with Crippen LogP contribution >= 0.6 is 0 Å². The van der Waals surface area contributed by atoms with Gasteiger partial charge in [-0.15, -0.1) is 0 Å². The van der Waals surface area contributed by atoms with Crippen molar-refractivity contribution in [3.05, 3.63) is 64.7 Å². The molecule has 0 unspecified atom stereocenters. The summed E-state index contributed by atoms with van der Waals surface area (Å²) in [6.07, 6.45) is 4.44. The first kappa shape index (κ1) is 18.2. The van der Waals surface area contributed by atoms with E-state index in [9.17, 15) is 9.59 Å². The number of hydrogen-bond acceptors (Lipinski definition) is 2. The van der Waals surface area contributed by atoms with Crippen molar-refractivity contribution in [2.75, 3.05) is 18.4 Å². The molecule has 1 aliphatic heterocycles. The number of benzene rings is 2. The molecule has 1 aliphatic rings. The number of nitrogens with zero attached hydrogens (tertiary/aromatic N) is 1. The molecule has 0 spiro atoms. The molecule has 4 nitrogen and oxygen atoms in total. The fraction of sp³-hybridized carbons (Fsp3) is 0.364. The summed E-state index contributed by atoms with van der Waals surface area (Å²) in [5, 5.41) is 2.94. The number of aryl methyl sites for hydroxylation is 2. The van der Waals surface area contributed by atoms with Crippen LogP contribution in [0.4, 0.5) is 5.69 Å². The summed E-state index contributed by atoms with van der Waals surface area (Å²) in [7, 11) is 0. The lowest BCUT2D eigenvalue weighted by molar-refractivity contribution is 0.0762. The van der Waals surface area contributed by atoms with Crippen molar-refractivity contribution in [3.8, 4) is 0 Å². The molecular formula is C22H26N2O2. The zero-order valence-corrected chi connectivity index (χ0v) is 15.5. The third-order valence-electron chi connectivity index (χ3n) is 4.94. The fourth-order valence-electron chi connectivity index (χ4n) is 3.39. The van der Waals surface area contributed by atoms with Gasteiger partial charge < -0.3 is 10.2 Å². The maximum absolute atomic E-state index is 13.0. The van der Waals surface area contributed by atoms with Crippen LogP contribution in [-0.4, -0.2) is 29.8 Å². The summed E-state index contributed by atoms with van der Waals surface area (Å²) >= 11 is 0. The van der Waals surface area contributed by atoms with Gasteiger partial charge >= 0.3 is 0 Å². The van der Waals surface area contributed by atoms with Gasteiger partial charge in [0.05, 0.1) is 11.3 Å². The minimum absolute atomic E-state index is 0.00349. The summed E-state index contributed by atoms with van der Waals surface area (Å²) in [5.41, 5.74) is 3.74. The molecule has 2 amide bonds. The van der Waals surface area contributed by atoms with Gasteiger partial charge in [0, 0.05) is 18.7 Å². The van der Waals surface area contributed by atoms with Crippen molar-refractivity contribution < 1.29 is 9.59 Å². The molecule has 0 atom stereocenters. The Hall–Kier alpha value is -2.62. The van der Waals surface area contributed by atoms with E-state index in [0.29, 0.717) is 16.8 Å². The van der Waals surface area contributed by atoms with Crippen LogP contribution in [0.15, 0.2) is 42.5 Å². The van der Waals surface area contributed by atoms with Crippen LogP contribution in [0.5, 0.6) is 0 Å². The van der Waals surface area contributed by atoms with E-state index in [0.717, 1.165) is 37.1 Å². The largest absolute Gasteiger partial charge is 0.339 e. The highest BCUT2D eigenvalue weighted by molar-refractivity contribution is 6.09. The average molecular weight is 350 g/mol. The highest BCUT2D eigenvalue weighted by Crippen LogP contribution is 2.21. The number of rotatable bonds is 3. The van der Waals surface area contributed by atoms with Gasteiger partial charge in [0.25, 0.3) is 11.8 Å². The number of nitrogens with one attached hydrogen (secondary N) is 1. The van der Waals surface area contributed by atoms with Gasteiger partial charge in [-0.3, -0.25) is 9.59 Å². The van der Waals surface area contributed by atoms with Crippen molar-refractivity contribution in [2.24, 2.45) is 0 Å². The highest BCUT2D eigenvalue weighted by Gasteiger charge is 2.21. The Balaban J connectivity index is 1.83. The van der Waals surface area contributed by atoms with Crippen LogP contribution < -0.4 is 5.32 Å². The molecule has 3 rings (SSSR count).